The summed E-state index contributed by atoms with van der Waals surface area (Å²) in [4.78, 5) is 10.7. The summed E-state index contributed by atoms with van der Waals surface area (Å²) in [6.07, 6.45) is 1.14. The molecule has 3 rings (SSSR count). The van der Waals surface area contributed by atoms with Crippen molar-refractivity contribution >= 4 is 44.8 Å². The quantitative estimate of drug-likeness (QED) is 0.349. The second-order valence-corrected chi connectivity index (χ2v) is 7.87. The molecule has 2 aromatic carbocycles. The van der Waals surface area contributed by atoms with Crippen LogP contribution >= 0.6 is 15.9 Å². The van der Waals surface area contributed by atoms with Crippen molar-refractivity contribution in [1.29, 1.82) is 0 Å². The van der Waals surface area contributed by atoms with Crippen molar-refractivity contribution in [1.82, 2.24) is 14.9 Å². The van der Waals surface area contributed by atoms with Gasteiger partial charge in [0.15, 0.2) is 0 Å². The van der Waals surface area contributed by atoms with Gasteiger partial charge in [0.25, 0.3) is 0 Å². The lowest BCUT2D eigenvalue weighted by Gasteiger charge is -2.16. The Labute approximate surface area is 184 Å². The third-order valence-corrected chi connectivity index (χ3v) is 4.63. The van der Waals surface area contributed by atoms with Crippen LogP contribution in [0.5, 0.6) is 5.75 Å². The topological polar surface area (TPSA) is 109 Å². The van der Waals surface area contributed by atoms with Crippen LogP contribution in [0.25, 0.3) is 0 Å². The molecule has 1 heterocycles. The molecule has 5 N–H and O–H groups in total. The number of anilines is 5. The van der Waals surface area contributed by atoms with Crippen molar-refractivity contribution in [3.05, 3.63) is 59.2 Å². The Balaban J connectivity index is 1.61. The lowest BCUT2D eigenvalue weighted by atomic mass is 10.3. The van der Waals surface area contributed by atoms with Gasteiger partial charge in [0, 0.05) is 29.8 Å². The third kappa shape index (κ3) is 6.58. The average Bonchev–Trinajstić information content (AvgIpc) is 2.71. The summed E-state index contributed by atoms with van der Waals surface area (Å²) >= 11 is 3.46. The maximum Gasteiger partial charge on any atom is 0.229 e. The van der Waals surface area contributed by atoms with E-state index < -0.39 is 6.10 Å². The summed E-state index contributed by atoms with van der Waals surface area (Å²) in [5.41, 5.74) is 8.11. The van der Waals surface area contributed by atoms with E-state index in [1.165, 1.54) is 0 Å². The van der Waals surface area contributed by atoms with Gasteiger partial charge >= 0.3 is 0 Å². The molecule has 0 aliphatic carbocycles. The molecule has 0 spiro atoms. The van der Waals surface area contributed by atoms with Gasteiger partial charge in [0.2, 0.25) is 5.95 Å². The number of benzene rings is 2. The Morgan fingerprint density at radius 3 is 2.37 bits per heavy atom. The van der Waals surface area contributed by atoms with Crippen LogP contribution in [0.2, 0.25) is 0 Å². The molecule has 158 valence electrons. The summed E-state index contributed by atoms with van der Waals surface area (Å²) in [7, 11) is 3.81. The minimum Gasteiger partial charge on any atom is -0.491 e. The number of hydrogen-bond acceptors (Lipinski definition) is 8. The Hall–Kier alpha value is -2.88. The number of halogens is 1. The lowest BCUT2D eigenvalue weighted by Crippen LogP contribution is -2.30. The smallest absolute Gasteiger partial charge is 0.229 e. The number of nitrogens with one attached hydrogen (secondary N) is 2. The fourth-order valence-corrected chi connectivity index (χ4v) is 2.94. The highest BCUT2D eigenvalue weighted by Gasteiger charge is 2.08. The predicted octanol–water partition coefficient (Wildman–Crippen LogP) is 3.61. The number of aromatic nitrogens is 2. The monoisotopic (exact) mass is 472 g/mol. The van der Waals surface area contributed by atoms with Gasteiger partial charge in [-0.2, -0.15) is 4.98 Å². The van der Waals surface area contributed by atoms with Gasteiger partial charge in [-0.3, -0.25) is 0 Å². The van der Waals surface area contributed by atoms with Crippen LogP contribution in [0.3, 0.4) is 0 Å². The maximum absolute atomic E-state index is 9.89. The van der Waals surface area contributed by atoms with E-state index in [2.05, 4.69) is 36.5 Å². The zero-order valence-corrected chi connectivity index (χ0v) is 18.4. The van der Waals surface area contributed by atoms with Crippen LogP contribution in [0.1, 0.15) is 0 Å². The van der Waals surface area contributed by atoms with Crippen molar-refractivity contribution in [3.63, 3.8) is 0 Å². The van der Waals surface area contributed by atoms with Crippen molar-refractivity contribution in [2.24, 2.45) is 0 Å². The van der Waals surface area contributed by atoms with E-state index in [0.717, 1.165) is 15.8 Å². The zero-order chi connectivity index (χ0) is 21.5. The van der Waals surface area contributed by atoms with Gasteiger partial charge in [-0.05, 0) is 78.6 Å². The highest BCUT2D eigenvalue weighted by Crippen LogP contribution is 2.26. The van der Waals surface area contributed by atoms with Crippen molar-refractivity contribution in [3.8, 4) is 5.75 Å². The van der Waals surface area contributed by atoms with Crippen LogP contribution in [0, 0.1) is 0 Å². The molecule has 3 aromatic rings. The standard InChI is InChI=1S/C21H25BrN6O2/c1-28(2)12-17(29)13-30-18-9-7-16(8-10-18)26-21-24-11-19(22)20(27-21)25-15-5-3-14(23)4-6-15/h3-11,17,29H,12-13,23H2,1-2H3,(H2,24,25,26,27). The molecule has 1 unspecified atom stereocenters. The molecule has 8 nitrogen and oxygen atoms in total. The number of ether oxygens (including phenoxy) is 1. The predicted molar refractivity (Wildman–Crippen MR) is 124 cm³/mol. The first kappa shape index (κ1) is 21.8. The fourth-order valence-electron chi connectivity index (χ4n) is 2.65. The summed E-state index contributed by atoms with van der Waals surface area (Å²) in [6, 6.07) is 14.8. The van der Waals surface area contributed by atoms with Crippen LogP contribution in [-0.2, 0) is 0 Å². The second-order valence-electron chi connectivity index (χ2n) is 7.01. The van der Waals surface area contributed by atoms with Crippen molar-refractivity contribution < 1.29 is 9.84 Å². The maximum atomic E-state index is 9.89. The molecule has 0 radical (unpaired) electrons. The summed E-state index contributed by atoms with van der Waals surface area (Å²) < 4.78 is 6.36. The molecule has 0 fully saturated rings. The van der Waals surface area contributed by atoms with E-state index in [1.807, 2.05) is 67.5 Å². The average molecular weight is 473 g/mol. The van der Waals surface area contributed by atoms with Crippen LogP contribution in [0.4, 0.5) is 28.8 Å². The first-order valence-electron chi connectivity index (χ1n) is 9.37. The van der Waals surface area contributed by atoms with Crippen molar-refractivity contribution in [2.75, 3.05) is 43.6 Å². The molecular weight excluding hydrogens is 448 g/mol. The number of likely N-dealkylation sites (N-methyl/N-ethyl adjacent to an activating group) is 1. The minimum atomic E-state index is -0.541. The van der Waals surface area contributed by atoms with Gasteiger partial charge in [0.1, 0.15) is 24.3 Å². The van der Waals surface area contributed by atoms with Crippen molar-refractivity contribution in [2.45, 2.75) is 6.10 Å². The molecule has 0 saturated heterocycles. The highest BCUT2D eigenvalue weighted by molar-refractivity contribution is 9.10. The van der Waals surface area contributed by atoms with E-state index >= 15 is 0 Å². The zero-order valence-electron chi connectivity index (χ0n) is 16.8. The van der Waals surface area contributed by atoms with Gasteiger partial charge in [0.05, 0.1) is 4.47 Å². The SMILES string of the molecule is CN(C)CC(O)COc1ccc(Nc2ncc(Br)c(Nc3ccc(N)cc3)n2)cc1. The number of hydrogen-bond donors (Lipinski definition) is 4. The summed E-state index contributed by atoms with van der Waals surface area (Å²) in [6.45, 7) is 0.786. The number of nitrogens with two attached hydrogens (primary N) is 1. The molecule has 1 aromatic heterocycles. The molecule has 0 amide bonds. The van der Waals surface area contributed by atoms with Crippen LogP contribution in [-0.4, -0.2) is 53.3 Å². The number of aliphatic hydroxyl groups is 1. The Morgan fingerprint density at radius 2 is 1.70 bits per heavy atom. The normalized spacial score (nSPS) is 11.9. The number of nitrogens with zero attached hydrogens (tertiary/aromatic N) is 3. The molecule has 30 heavy (non-hydrogen) atoms. The number of aliphatic hydroxyl groups excluding tert-OH is 1. The van der Waals surface area contributed by atoms with E-state index in [4.69, 9.17) is 10.5 Å². The van der Waals surface area contributed by atoms with Gasteiger partial charge < -0.3 is 31.1 Å². The van der Waals surface area contributed by atoms with E-state index in [1.54, 1.807) is 6.20 Å². The highest BCUT2D eigenvalue weighted by atomic mass is 79.9. The molecule has 0 aliphatic heterocycles. The summed E-state index contributed by atoms with van der Waals surface area (Å²) in [5, 5.41) is 16.3. The first-order chi connectivity index (χ1) is 14.4. The Bertz CT molecular complexity index is 951. The van der Waals surface area contributed by atoms with Crippen LogP contribution < -0.4 is 21.1 Å². The minimum absolute atomic E-state index is 0.237. The van der Waals surface area contributed by atoms with E-state index in [0.29, 0.717) is 29.7 Å². The Morgan fingerprint density at radius 1 is 1.07 bits per heavy atom. The third-order valence-electron chi connectivity index (χ3n) is 4.05. The fraction of sp³-hybridized carbons (Fsp3) is 0.238. The van der Waals surface area contributed by atoms with Gasteiger partial charge in [-0.1, -0.05) is 0 Å². The molecule has 0 bridgehead atoms. The number of rotatable bonds is 9. The first-order valence-corrected chi connectivity index (χ1v) is 10.2. The summed E-state index contributed by atoms with van der Waals surface area (Å²) in [5.74, 6) is 1.76. The molecule has 0 saturated carbocycles. The molecule has 9 heteroatoms. The molecular formula is C21H25BrN6O2. The molecule has 0 aliphatic rings. The Kier molecular flexibility index (Phi) is 7.45. The second kappa shape index (κ2) is 10.2. The lowest BCUT2D eigenvalue weighted by molar-refractivity contribution is 0.0831. The largest absolute Gasteiger partial charge is 0.491 e. The number of nitrogen functional groups attached to an aromatic ring is 1. The van der Waals surface area contributed by atoms with Gasteiger partial charge in [-0.15, -0.1) is 0 Å². The van der Waals surface area contributed by atoms with Gasteiger partial charge in [-0.25, -0.2) is 4.98 Å². The van der Waals surface area contributed by atoms with Crippen LogP contribution in [0.15, 0.2) is 59.2 Å². The van der Waals surface area contributed by atoms with E-state index in [-0.39, 0.29) is 6.61 Å². The van der Waals surface area contributed by atoms with E-state index in [9.17, 15) is 5.11 Å². The molecule has 1 atom stereocenters.